The fourth-order valence-electron chi connectivity index (χ4n) is 1.01. The summed E-state index contributed by atoms with van der Waals surface area (Å²) in [5.41, 5.74) is 1.84. The highest BCUT2D eigenvalue weighted by molar-refractivity contribution is 8.45. The second kappa shape index (κ2) is 2.79. The summed E-state index contributed by atoms with van der Waals surface area (Å²) in [6.45, 7) is 0. The predicted octanol–water partition coefficient (Wildman–Crippen LogP) is 4.95. The topological polar surface area (TPSA) is 26.0 Å². The van der Waals surface area contributed by atoms with E-state index in [4.69, 9.17) is 5.73 Å². The standard InChI is InChI=1S/C7H5F8NS/c8-7(9,10)4-1-5(16)3-6(2-4)17(11,12,13,14)15/h1-3H,16H2. The lowest BCUT2D eigenvalue weighted by Gasteiger charge is -2.40. The number of nitrogen functional groups attached to an aromatic ring is 1. The predicted molar refractivity (Wildman–Crippen MR) is 47.3 cm³/mol. The lowest BCUT2D eigenvalue weighted by Crippen LogP contribution is -2.11. The molecule has 1 nitrogen and oxygen atoms in total. The number of rotatable bonds is 1. The van der Waals surface area contributed by atoms with Crippen molar-refractivity contribution in [3.63, 3.8) is 0 Å². The van der Waals surface area contributed by atoms with Gasteiger partial charge in [-0.05, 0) is 18.2 Å². The Kier molecular flexibility index (Phi) is 2.28. The number of benzene rings is 1. The molecule has 0 aliphatic heterocycles. The van der Waals surface area contributed by atoms with E-state index in [0.717, 1.165) is 0 Å². The van der Waals surface area contributed by atoms with Crippen LogP contribution in [0.1, 0.15) is 5.56 Å². The molecule has 0 saturated heterocycles. The SMILES string of the molecule is Nc1cc(C(F)(F)F)cc(S(F)(F)(F)(F)F)c1. The number of hydrogen-bond acceptors (Lipinski definition) is 1. The smallest absolute Gasteiger partial charge is 0.399 e. The number of nitrogens with two attached hydrogens (primary N) is 1. The first-order valence-electron chi connectivity index (χ1n) is 3.81. The van der Waals surface area contributed by atoms with Crippen molar-refractivity contribution in [1.29, 1.82) is 0 Å². The third-order valence-corrected chi connectivity index (χ3v) is 2.83. The molecule has 0 atom stereocenters. The summed E-state index contributed by atoms with van der Waals surface area (Å²) in [6, 6.07) is -0.734. The maximum absolute atomic E-state index is 12.3. The van der Waals surface area contributed by atoms with E-state index in [2.05, 4.69) is 0 Å². The van der Waals surface area contributed by atoms with Crippen molar-refractivity contribution in [2.24, 2.45) is 0 Å². The molecule has 0 amide bonds. The van der Waals surface area contributed by atoms with Gasteiger partial charge in [0.05, 0.1) is 5.56 Å². The minimum absolute atomic E-state index is 0.146. The molecular formula is C7H5F8NS. The van der Waals surface area contributed by atoms with Crippen molar-refractivity contribution in [2.45, 2.75) is 11.1 Å². The Labute approximate surface area is 89.9 Å². The molecule has 0 aliphatic rings. The highest BCUT2D eigenvalue weighted by Crippen LogP contribution is 3.02. The van der Waals surface area contributed by atoms with Gasteiger partial charge in [0.15, 0.2) is 0 Å². The van der Waals surface area contributed by atoms with E-state index in [0.29, 0.717) is 0 Å². The highest BCUT2D eigenvalue weighted by Gasteiger charge is 2.65. The summed E-state index contributed by atoms with van der Waals surface area (Å²) in [4.78, 5) is -2.66. The van der Waals surface area contributed by atoms with Crippen molar-refractivity contribution in [3.05, 3.63) is 23.8 Å². The number of hydrogen-bond donors (Lipinski definition) is 1. The molecule has 1 rings (SSSR count). The molecule has 1 aromatic rings. The zero-order chi connectivity index (χ0) is 13.8. The van der Waals surface area contributed by atoms with Gasteiger partial charge in [0.2, 0.25) is 0 Å². The van der Waals surface area contributed by atoms with E-state index in [1.54, 1.807) is 0 Å². The Balaban J connectivity index is 3.57. The first kappa shape index (κ1) is 13.9. The average Bonchev–Trinajstić information content (AvgIpc) is 1.96. The Morgan fingerprint density at radius 1 is 0.882 bits per heavy atom. The second-order valence-corrected chi connectivity index (χ2v) is 5.67. The molecule has 0 fully saturated rings. The highest BCUT2D eigenvalue weighted by atomic mass is 32.5. The molecule has 0 unspecified atom stereocenters. The molecular weight excluding hydrogens is 282 g/mol. The van der Waals surface area contributed by atoms with Crippen molar-refractivity contribution >= 4 is 15.9 Å². The van der Waals surface area contributed by atoms with Crippen LogP contribution in [-0.4, -0.2) is 0 Å². The van der Waals surface area contributed by atoms with Crippen LogP contribution in [0.15, 0.2) is 23.1 Å². The molecule has 0 heterocycles. The van der Waals surface area contributed by atoms with Crippen LogP contribution in [0.25, 0.3) is 0 Å². The quantitative estimate of drug-likeness (QED) is 0.574. The molecule has 10 heteroatoms. The fraction of sp³-hybridized carbons (Fsp3) is 0.143. The van der Waals surface area contributed by atoms with Crippen LogP contribution in [0.4, 0.5) is 38.3 Å². The van der Waals surface area contributed by atoms with Gasteiger partial charge in [0, 0.05) is 5.69 Å². The first-order valence-corrected chi connectivity index (χ1v) is 5.76. The van der Waals surface area contributed by atoms with Gasteiger partial charge in [-0.1, -0.05) is 19.4 Å². The zero-order valence-electron chi connectivity index (χ0n) is 7.74. The summed E-state index contributed by atoms with van der Waals surface area (Å²) < 4.78 is 97.8. The van der Waals surface area contributed by atoms with Crippen molar-refractivity contribution < 1.29 is 32.6 Å². The van der Waals surface area contributed by atoms with Gasteiger partial charge in [0.25, 0.3) is 0 Å². The summed E-state index contributed by atoms with van der Waals surface area (Å²) in [5.74, 6) is 0. The van der Waals surface area contributed by atoms with Crippen molar-refractivity contribution in [3.8, 4) is 0 Å². The minimum atomic E-state index is -10.2. The van der Waals surface area contributed by atoms with Gasteiger partial charge in [-0.25, -0.2) is 0 Å². The van der Waals surface area contributed by atoms with Crippen LogP contribution in [0, 0.1) is 0 Å². The minimum Gasteiger partial charge on any atom is -0.399 e. The molecule has 100 valence electrons. The number of alkyl halides is 3. The molecule has 0 aliphatic carbocycles. The number of anilines is 1. The van der Waals surface area contributed by atoms with Crippen molar-refractivity contribution in [2.75, 3.05) is 5.73 Å². The van der Waals surface area contributed by atoms with E-state index in [9.17, 15) is 32.6 Å². The maximum Gasteiger partial charge on any atom is 0.416 e. The third-order valence-electron chi connectivity index (χ3n) is 1.70. The largest absolute Gasteiger partial charge is 0.416 e. The van der Waals surface area contributed by atoms with E-state index in [1.165, 1.54) is 0 Å². The molecule has 1 aromatic carbocycles. The fourth-order valence-corrected chi connectivity index (χ4v) is 1.72. The summed E-state index contributed by atoms with van der Waals surface area (Å²) >= 11 is 0. The van der Waals surface area contributed by atoms with Crippen LogP contribution in [0.5, 0.6) is 0 Å². The lowest BCUT2D eigenvalue weighted by molar-refractivity contribution is -0.137. The van der Waals surface area contributed by atoms with E-state index in [-0.39, 0.29) is 12.1 Å². The zero-order valence-corrected chi connectivity index (χ0v) is 8.56. The van der Waals surface area contributed by atoms with Gasteiger partial charge in [-0.15, -0.1) is 0 Å². The van der Waals surface area contributed by atoms with E-state index in [1.807, 2.05) is 0 Å². The van der Waals surface area contributed by atoms with Crippen LogP contribution >= 0.6 is 10.2 Å². The second-order valence-electron chi connectivity index (χ2n) is 3.26. The Morgan fingerprint density at radius 3 is 1.71 bits per heavy atom. The average molecular weight is 287 g/mol. The van der Waals surface area contributed by atoms with Crippen LogP contribution in [0.3, 0.4) is 0 Å². The third kappa shape index (κ3) is 3.38. The molecule has 0 aromatic heterocycles. The molecule has 17 heavy (non-hydrogen) atoms. The monoisotopic (exact) mass is 287 g/mol. The van der Waals surface area contributed by atoms with Crippen LogP contribution in [0.2, 0.25) is 0 Å². The van der Waals surface area contributed by atoms with Gasteiger partial charge in [0.1, 0.15) is 4.90 Å². The Bertz CT molecular complexity index is 458. The Morgan fingerprint density at radius 2 is 1.35 bits per heavy atom. The van der Waals surface area contributed by atoms with E-state index >= 15 is 0 Å². The summed E-state index contributed by atoms with van der Waals surface area (Å²) in [6.07, 6.45) is -5.19. The molecule has 0 radical (unpaired) electrons. The molecule has 2 N–H and O–H groups in total. The molecule has 0 spiro atoms. The molecule has 0 bridgehead atoms. The Hall–Kier alpha value is -1.19. The van der Waals surface area contributed by atoms with Crippen LogP contribution < -0.4 is 5.73 Å². The lowest BCUT2D eigenvalue weighted by atomic mass is 10.2. The van der Waals surface area contributed by atoms with Gasteiger partial charge in [-0.2, -0.15) is 13.2 Å². The maximum atomic E-state index is 12.3. The van der Waals surface area contributed by atoms with Crippen LogP contribution in [-0.2, 0) is 6.18 Å². The van der Waals surface area contributed by atoms with E-state index < -0.39 is 38.6 Å². The first-order chi connectivity index (χ1) is 7.09. The number of halogens is 8. The van der Waals surface area contributed by atoms with Gasteiger partial charge >= 0.3 is 16.4 Å². The summed E-state index contributed by atoms with van der Waals surface area (Å²) in [5, 5.41) is 0. The summed E-state index contributed by atoms with van der Waals surface area (Å²) in [7, 11) is -10.2. The molecule has 0 saturated carbocycles. The van der Waals surface area contributed by atoms with Gasteiger partial charge < -0.3 is 5.73 Å². The normalized spacial score (nSPS) is 17.4. The van der Waals surface area contributed by atoms with Gasteiger partial charge in [-0.3, -0.25) is 0 Å². The van der Waals surface area contributed by atoms with Crippen molar-refractivity contribution in [1.82, 2.24) is 0 Å².